The van der Waals surface area contributed by atoms with Gasteiger partial charge in [-0.2, -0.15) is 0 Å². The maximum atomic E-state index is 12.3. The van der Waals surface area contributed by atoms with Crippen molar-refractivity contribution in [3.63, 3.8) is 0 Å². The normalized spacial score (nSPS) is 12.3. The van der Waals surface area contributed by atoms with E-state index in [2.05, 4.69) is 38.3 Å². The zero-order valence-electron chi connectivity index (χ0n) is 12.5. The molecule has 19 heavy (non-hydrogen) atoms. The highest BCUT2D eigenvalue weighted by Crippen LogP contribution is 2.15. The number of carbonyl (C=O) groups excluding carboxylic acids is 1. The third-order valence-electron chi connectivity index (χ3n) is 2.94. The van der Waals surface area contributed by atoms with Crippen LogP contribution in [0.3, 0.4) is 0 Å². The van der Waals surface area contributed by atoms with Gasteiger partial charge in [-0.1, -0.05) is 32.9 Å². The molecule has 1 unspecified atom stereocenters. The van der Waals surface area contributed by atoms with Crippen molar-refractivity contribution < 1.29 is 4.79 Å². The van der Waals surface area contributed by atoms with E-state index in [1.807, 2.05) is 24.3 Å². The molecule has 1 aromatic rings. The van der Waals surface area contributed by atoms with E-state index in [-0.39, 0.29) is 11.9 Å². The van der Waals surface area contributed by atoms with Gasteiger partial charge in [0, 0.05) is 18.3 Å². The summed E-state index contributed by atoms with van der Waals surface area (Å²) in [7, 11) is 0. The Kier molecular flexibility index (Phi) is 6.40. The van der Waals surface area contributed by atoms with Gasteiger partial charge >= 0.3 is 0 Å². The van der Waals surface area contributed by atoms with Gasteiger partial charge in [0.05, 0.1) is 5.56 Å². The van der Waals surface area contributed by atoms with Crippen molar-refractivity contribution in [2.75, 3.05) is 11.9 Å². The summed E-state index contributed by atoms with van der Waals surface area (Å²) < 4.78 is 0. The van der Waals surface area contributed by atoms with Gasteiger partial charge in [0.2, 0.25) is 0 Å². The van der Waals surface area contributed by atoms with Crippen LogP contribution in [-0.2, 0) is 0 Å². The SMILES string of the molecule is CCCNc1ccccc1C(=O)NC(C)CC(C)C. The molecule has 0 fully saturated rings. The molecule has 2 N–H and O–H groups in total. The third-order valence-corrected chi connectivity index (χ3v) is 2.94. The Morgan fingerprint density at radius 3 is 2.53 bits per heavy atom. The molecule has 0 aliphatic rings. The summed E-state index contributed by atoms with van der Waals surface area (Å²) in [4.78, 5) is 12.3. The molecule has 0 bridgehead atoms. The van der Waals surface area contributed by atoms with Gasteiger partial charge < -0.3 is 10.6 Å². The molecule has 0 saturated heterocycles. The molecule has 0 radical (unpaired) electrons. The molecule has 0 aliphatic heterocycles. The molecule has 1 atom stereocenters. The van der Waals surface area contributed by atoms with Crippen molar-refractivity contribution >= 4 is 11.6 Å². The fourth-order valence-corrected chi connectivity index (χ4v) is 2.16. The Morgan fingerprint density at radius 1 is 1.21 bits per heavy atom. The molecule has 106 valence electrons. The van der Waals surface area contributed by atoms with Crippen LogP contribution in [0.15, 0.2) is 24.3 Å². The fraction of sp³-hybridized carbons (Fsp3) is 0.562. The predicted octanol–water partition coefficient (Wildman–Crippen LogP) is 3.67. The molecular weight excluding hydrogens is 236 g/mol. The maximum absolute atomic E-state index is 12.3. The number of carbonyl (C=O) groups is 1. The number of hydrogen-bond donors (Lipinski definition) is 2. The van der Waals surface area contributed by atoms with Crippen LogP contribution in [-0.4, -0.2) is 18.5 Å². The molecule has 1 aromatic carbocycles. The van der Waals surface area contributed by atoms with Crippen LogP contribution in [0.25, 0.3) is 0 Å². The number of amides is 1. The minimum atomic E-state index is 0.00681. The van der Waals surface area contributed by atoms with Crippen LogP contribution >= 0.6 is 0 Å². The second-order valence-electron chi connectivity index (χ2n) is 5.48. The first-order chi connectivity index (χ1) is 9.04. The van der Waals surface area contributed by atoms with E-state index in [0.29, 0.717) is 5.92 Å². The van der Waals surface area contributed by atoms with Crippen LogP contribution in [0.4, 0.5) is 5.69 Å². The van der Waals surface area contributed by atoms with Gasteiger partial charge in [-0.05, 0) is 37.8 Å². The number of hydrogen-bond acceptors (Lipinski definition) is 2. The molecular formula is C16H26N2O. The first kappa shape index (κ1) is 15.5. The second kappa shape index (κ2) is 7.82. The fourth-order valence-electron chi connectivity index (χ4n) is 2.16. The standard InChI is InChI=1S/C16H26N2O/c1-5-10-17-15-9-7-6-8-14(15)16(19)18-13(4)11-12(2)3/h6-9,12-13,17H,5,10-11H2,1-4H3,(H,18,19). The van der Waals surface area contributed by atoms with Crippen molar-refractivity contribution in [3.05, 3.63) is 29.8 Å². The average Bonchev–Trinajstić information content (AvgIpc) is 2.35. The van der Waals surface area contributed by atoms with Crippen LogP contribution in [0.1, 0.15) is 50.9 Å². The third kappa shape index (κ3) is 5.33. The lowest BCUT2D eigenvalue weighted by molar-refractivity contribution is 0.0937. The van der Waals surface area contributed by atoms with Gasteiger partial charge in [-0.3, -0.25) is 4.79 Å². The second-order valence-corrected chi connectivity index (χ2v) is 5.48. The number of anilines is 1. The van der Waals surface area contributed by atoms with Gasteiger partial charge in [-0.25, -0.2) is 0 Å². The summed E-state index contributed by atoms with van der Waals surface area (Å²) in [5.74, 6) is 0.594. The number of para-hydroxylation sites is 1. The van der Waals surface area contributed by atoms with Crippen molar-refractivity contribution in [2.45, 2.75) is 46.6 Å². The molecule has 3 nitrogen and oxygen atoms in total. The summed E-state index contributed by atoms with van der Waals surface area (Å²) in [6.07, 6.45) is 2.04. The topological polar surface area (TPSA) is 41.1 Å². The average molecular weight is 262 g/mol. The first-order valence-corrected chi connectivity index (χ1v) is 7.18. The molecule has 3 heteroatoms. The Morgan fingerprint density at radius 2 is 1.89 bits per heavy atom. The van der Waals surface area contributed by atoms with Crippen LogP contribution in [0, 0.1) is 5.92 Å². The monoisotopic (exact) mass is 262 g/mol. The van der Waals surface area contributed by atoms with Crippen molar-refractivity contribution in [2.24, 2.45) is 5.92 Å². The van der Waals surface area contributed by atoms with Gasteiger partial charge in [-0.15, -0.1) is 0 Å². The van der Waals surface area contributed by atoms with E-state index < -0.39 is 0 Å². The van der Waals surface area contributed by atoms with Crippen molar-refractivity contribution in [3.8, 4) is 0 Å². The summed E-state index contributed by atoms with van der Waals surface area (Å²) in [5.41, 5.74) is 1.64. The highest BCUT2D eigenvalue weighted by Gasteiger charge is 2.13. The Hall–Kier alpha value is -1.51. The van der Waals surface area contributed by atoms with Gasteiger partial charge in [0.15, 0.2) is 0 Å². The van der Waals surface area contributed by atoms with E-state index in [0.717, 1.165) is 30.6 Å². The molecule has 0 saturated carbocycles. The van der Waals surface area contributed by atoms with Crippen LogP contribution in [0.2, 0.25) is 0 Å². The summed E-state index contributed by atoms with van der Waals surface area (Å²) in [5, 5.41) is 6.36. The minimum Gasteiger partial charge on any atom is -0.384 e. The lowest BCUT2D eigenvalue weighted by Crippen LogP contribution is -2.33. The largest absolute Gasteiger partial charge is 0.384 e. The van der Waals surface area contributed by atoms with Crippen molar-refractivity contribution in [1.29, 1.82) is 0 Å². The molecule has 0 aromatic heterocycles. The molecule has 1 amide bonds. The number of nitrogens with one attached hydrogen (secondary N) is 2. The predicted molar refractivity (Wildman–Crippen MR) is 81.6 cm³/mol. The van der Waals surface area contributed by atoms with Gasteiger partial charge in [0.1, 0.15) is 0 Å². The highest BCUT2D eigenvalue weighted by atomic mass is 16.1. The van der Waals surface area contributed by atoms with E-state index >= 15 is 0 Å². The maximum Gasteiger partial charge on any atom is 0.253 e. The summed E-state index contributed by atoms with van der Waals surface area (Å²) in [6.45, 7) is 9.38. The molecule has 1 rings (SSSR count). The first-order valence-electron chi connectivity index (χ1n) is 7.18. The Balaban J connectivity index is 2.70. The van der Waals surface area contributed by atoms with Gasteiger partial charge in [0.25, 0.3) is 5.91 Å². The minimum absolute atomic E-state index is 0.00681. The molecule has 0 heterocycles. The Labute approximate surface area is 116 Å². The Bertz CT molecular complexity index is 401. The van der Waals surface area contributed by atoms with E-state index in [4.69, 9.17) is 0 Å². The van der Waals surface area contributed by atoms with Crippen molar-refractivity contribution in [1.82, 2.24) is 5.32 Å². The van der Waals surface area contributed by atoms with Crippen LogP contribution < -0.4 is 10.6 Å². The lowest BCUT2D eigenvalue weighted by atomic mass is 10.0. The smallest absolute Gasteiger partial charge is 0.253 e. The molecule has 0 spiro atoms. The van der Waals surface area contributed by atoms with Crippen LogP contribution in [0.5, 0.6) is 0 Å². The number of benzene rings is 1. The zero-order valence-corrected chi connectivity index (χ0v) is 12.5. The summed E-state index contributed by atoms with van der Waals surface area (Å²) in [6, 6.07) is 7.88. The number of rotatable bonds is 7. The van der Waals surface area contributed by atoms with E-state index in [1.54, 1.807) is 0 Å². The highest BCUT2D eigenvalue weighted by molar-refractivity contribution is 5.99. The lowest BCUT2D eigenvalue weighted by Gasteiger charge is -2.17. The van der Waals surface area contributed by atoms with E-state index in [9.17, 15) is 4.79 Å². The quantitative estimate of drug-likeness (QED) is 0.787. The molecule has 0 aliphatic carbocycles. The summed E-state index contributed by atoms with van der Waals surface area (Å²) >= 11 is 0. The zero-order chi connectivity index (χ0) is 14.3. The van der Waals surface area contributed by atoms with E-state index in [1.165, 1.54) is 0 Å².